The molecule has 1 saturated heterocycles. The second-order valence-corrected chi connectivity index (χ2v) is 6.52. The van der Waals surface area contributed by atoms with Gasteiger partial charge >= 0.3 is 5.97 Å². The van der Waals surface area contributed by atoms with E-state index in [-0.39, 0.29) is 22.5 Å². The summed E-state index contributed by atoms with van der Waals surface area (Å²) < 4.78 is 31.5. The molecule has 2 heterocycles. The summed E-state index contributed by atoms with van der Waals surface area (Å²) >= 11 is 0. The number of carboxylic acids is 1. The number of carbonyl (C=O) groups is 1. The van der Waals surface area contributed by atoms with Crippen LogP contribution >= 0.6 is 0 Å². The number of hydrogen-bond donors (Lipinski definition) is 1. The Morgan fingerprint density at radius 2 is 2.26 bits per heavy atom. The van der Waals surface area contributed by atoms with E-state index in [0.717, 1.165) is 25.3 Å². The van der Waals surface area contributed by atoms with Crippen LogP contribution in [0.25, 0.3) is 0 Å². The van der Waals surface area contributed by atoms with E-state index in [1.54, 1.807) is 0 Å². The van der Waals surface area contributed by atoms with Crippen LogP contribution in [0.15, 0.2) is 15.4 Å². The van der Waals surface area contributed by atoms with Crippen molar-refractivity contribution in [2.45, 2.75) is 44.0 Å². The summed E-state index contributed by atoms with van der Waals surface area (Å²) in [6, 6.07) is 1.09. The highest BCUT2D eigenvalue weighted by atomic mass is 32.2. The maximum absolute atomic E-state index is 12.5. The van der Waals surface area contributed by atoms with Crippen molar-refractivity contribution in [3.63, 3.8) is 0 Å². The van der Waals surface area contributed by atoms with Crippen molar-refractivity contribution < 1.29 is 22.7 Å². The first kappa shape index (κ1) is 14.1. The zero-order valence-corrected chi connectivity index (χ0v) is 11.7. The number of sulfonamides is 1. The molecule has 0 saturated carbocycles. The first-order chi connectivity index (χ1) is 8.87. The van der Waals surface area contributed by atoms with Gasteiger partial charge in [0.15, 0.2) is 0 Å². The molecule has 1 aliphatic rings. The Morgan fingerprint density at radius 1 is 1.58 bits per heavy atom. The van der Waals surface area contributed by atoms with Crippen molar-refractivity contribution in [3.8, 4) is 0 Å². The minimum atomic E-state index is -3.67. The van der Waals surface area contributed by atoms with Gasteiger partial charge in [0.1, 0.15) is 10.7 Å². The van der Waals surface area contributed by atoms with E-state index < -0.39 is 16.0 Å². The third-order valence-electron chi connectivity index (χ3n) is 3.46. The average molecular weight is 287 g/mol. The van der Waals surface area contributed by atoms with Crippen LogP contribution in [-0.4, -0.2) is 36.4 Å². The average Bonchev–Trinajstić information content (AvgIpc) is 2.94. The van der Waals surface area contributed by atoms with Gasteiger partial charge < -0.3 is 9.52 Å². The molecule has 0 spiro atoms. The molecule has 1 aromatic rings. The number of carboxylic acid groups (broad SMARTS) is 1. The molecular weight excluding hydrogens is 270 g/mol. The van der Waals surface area contributed by atoms with E-state index in [0.29, 0.717) is 6.54 Å². The summed E-state index contributed by atoms with van der Waals surface area (Å²) in [5.74, 6) is -1.49. The summed E-state index contributed by atoms with van der Waals surface area (Å²) in [4.78, 5) is 10.8. The Hall–Kier alpha value is -1.34. The fourth-order valence-corrected chi connectivity index (χ4v) is 4.42. The Labute approximate surface area is 112 Å². The van der Waals surface area contributed by atoms with Crippen LogP contribution in [-0.2, 0) is 10.0 Å². The SMILES string of the molecule is CCC1CCCN1S(=O)(=O)c1cc(C(=O)O)oc1C. The lowest BCUT2D eigenvalue weighted by atomic mass is 10.2. The number of rotatable bonds is 4. The van der Waals surface area contributed by atoms with Gasteiger partial charge in [-0.05, 0) is 26.2 Å². The zero-order valence-electron chi connectivity index (χ0n) is 10.9. The first-order valence-electron chi connectivity index (χ1n) is 6.23. The topological polar surface area (TPSA) is 87.8 Å². The minimum absolute atomic E-state index is 0.00687. The molecule has 1 N–H and O–H groups in total. The summed E-state index contributed by atoms with van der Waals surface area (Å²) in [6.45, 7) is 3.90. The van der Waals surface area contributed by atoms with Crippen LogP contribution in [0, 0.1) is 6.92 Å². The number of aryl methyl sites for hydroxylation is 1. The fourth-order valence-electron chi connectivity index (χ4n) is 2.49. The second kappa shape index (κ2) is 4.97. The predicted octanol–water partition coefficient (Wildman–Crippen LogP) is 1.85. The van der Waals surface area contributed by atoms with Crippen LogP contribution in [0.4, 0.5) is 0 Å². The summed E-state index contributed by atoms with van der Waals surface area (Å²) in [6.07, 6.45) is 2.43. The number of nitrogens with zero attached hydrogens (tertiary/aromatic N) is 1. The Kier molecular flexibility index (Phi) is 3.69. The van der Waals surface area contributed by atoms with Gasteiger partial charge in [-0.2, -0.15) is 4.31 Å². The molecule has 6 nitrogen and oxygen atoms in total. The molecule has 0 bridgehead atoms. The molecule has 2 rings (SSSR count). The van der Waals surface area contributed by atoms with Crippen LogP contribution in [0.3, 0.4) is 0 Å². The lowest BCUT2D eigenvalue weighted by Crippen LogP contribution is -2.35. The van der Waals surface area contributed by atoms with Gasteiger partial charge in [-0.25, -0.2) is 13.2 Å². The van der Waals surface area contributed by atoms with Crippen molar-refractivity contribution in [3.05, 3.63) is 17.6 Å². The maximum Gasteiger partial charge on any atom is 0.371 e. The van der Waals surface area contributed by atoms with Gasteiger partial charge in [0, 0.05) is 18.7 Å². The van der Waals surface area contributed by atoms with E-state index >= 15 is 0 Å². The lowest BCUT2D eigenvalue weighted by molar-refractivity contribution is 0.0661. The van der Waals surface area contributed by atoms with Crippen molar-refractivity contribution in [1.82, 2.24) is 4.31 Å². The summed E-state index contributed by atoms with van der Waals surface area (Å²) in [7, 11) is -3.67. The van der Waals surface area contributed by atoms with Gasteiger partial charge in [0.25, 0.3) is 0 Å². The quantitative estimate of drug-likeness (QED) is 0.913. The van der Waals surface area contributed by atoms with E-state index in [4.69, 9.17) is 9.52 Å². The normalized spacial score (nSPS) is 20.8. The molecule has 0 amide bonds. The van der Waals surface area contributed by atoms with E-state index in [1.165, 1.54) is 11.2 Å². The highest BCUT2D eigenvalue weighted by molar-refractivity contribution is 7.89. The highest BCUT2D eigenvalue weighted by Crippen LogP contribution is 2.30. The van der Waals surface area contributed by atoms with Gasteiger partial charge in [0.05, 0.1) is 0 Å². The number of hydrogen-bond acceptors (Lipinski definition) is 4. The van der Waals surface area contributed by atoms with Crippen LogP contribution in [0.2, 0.25) is 0 Å². The van der Waals surface area contributed by atoms with E-state index in [2.05, 4.69) is 0 Å². The van der Waals surface area contributed by atoms with Crippen molar-refractivity contribution in [2.24, 2.45) is 0 Å². The molecule has 1 aromatic heterocycles. The molecule has 1 atom stereocenters. The Bertz CT molecular complexity index is 589. The van der Waals surface area contributed by atoms with Crippen LogP contribution < -0.4 is 0 Å². The number of aromatic carboxylic acids is 1. The minimum Gasteiger partial charge on any atom is -0.475 e. The predicted molar refractivity (Wildman–Crippen MR) is 67.6 cm³/mol. The Balaban J connectivity index is 2.42. The van der Waals surface area contributed by atoms with Gasteiger partial charge in [-0.1, -0.05) is 6.92 Å². The summed E-state index contributed by atoms with van der Waals surface area (Å²) in [5.41, 5.74) is 0. The highest BCUT2D eigenvalue weighted by Gasteiger charge is 2.36. The Morgan fingerprint density at radius 3 is 2.79 bits per heavy atom. The molecule has 0 aliphatic carbocycles. The van der Waals surface area contributed by atoms with Gasteiger partial charge in [0.2, 0.25) is 15.8 Å². The molecular formula is C12H17NO5S. The van der Waals surface area contributed by atoms with Crippen molar-refractivity contribution in [1.29, 1.82) is 0 Å². The zero-order chi connectivity index (χ0) is 14.2. The largest absolute Gasteiger partial charge is 0.475 e. The molecule has 0 radical (unpaired) electrons. The molecule has 1 unspecified atom stereocenters. The molecule has 1 fully saturated rings. The molecule has 7 heteroatoms. The lowest BCUT2D eigenvalue weighted by Gasteiger charge is -2.22. The van der Waals surface area contributed by atoms with Crippen molar-refractivity contribution in [2.75, 3.05) is 6.54 Å². The molecule has 106 valence electrons. The second-order valence-electron chi connectivity index (χ2n) is 4.66. The van der Waals surface area contributed by atoms with E-state index in [1.807, 2.05) is 6.92 Å². The number of furan rings is 1. The third kappa shape index (κ3) is 2.40. The monoisotopic (exact) mass is 287 g/mol. The standard InChI is InChI=1S/C12H17NO5S/c1-3-9-5-4-6-13(9)19(16,17)11-7-10(12(14)15)18-8(11)2/h7,9H,3-6H2,1-2H3,(H,14,15). The third-order valence-corrected chi connectivity index (χ3v) is 5.52. The van der Waals surface area contributed by atoms with Gasteiger partial charge in [-0.3, -0.25) is 0 Å². The maximum atomic E-state index is 12.5. The van der Waals surface area contributed by atoms with Crippen LogP contribution in [0.1, 0.15) is 42.5 Å². The molecule has 1 aliphatic heterocycles. The van der Waals surface area contributed by atoms with Crippen LogP contribution in [0.5, 0.6) is 0 Å². The smallest absolute Gasteiger partial charge is 0.371 e. The van der Waals surface area contributed by atoms with Crippen molar-refractivity contribution >= 4 is 16.0 Å². The fraction of sp³-hybridized carbons (Fsp3) is 0.583. The van der Waals surface area contributed by atoms with Gasteiger partial charge in [-0.15, -0.1) is 0 Å². The summed E-state index contributed by atoms with van der Waals surface area (Å²) in [5, 5.41) is 8.85. The van der Waals surface area contributed by atoms with E-state index in [9.17, 15) is 13.2 Å². The molecule has 19 heavy (non-hydrogen) atoms. The first-order valence-corrected chi connectivity index (χ1v) is 7.67. The molecule has 0 aromatic carbocycles.